The third-order valence-electron chi connectivity index (χ3n) is 4.83. The highest BCUT2D eigenvalue weighted by Crippen LogP contribution is 2.17. The Morgan fingerprint density at radius 1 is 0.963 bits per heavy atom. The smallest absolute Gasteiger partial charge is 0.265 e. The number of thiophene rings is 1. The summed E-state index contributed by atoms with van der Waals surface area (Å²) in [6, 6.07) is 11.2. The molecule has 2 aromatic rings. The van der Waals surface area contributed by atoms with Gasteiger partial charge in [-0.15, -0.1) is 11.3 Å². The first kappa shape index (κ1) is 19.6. The van der Waals surface area contributed by atoms with Gasteiger partial charge in [-0.25, -0.2) is 0 Å². The number of amides is 2. The van der Waals surface area contributed by atoms with Gasteiger partial charge in [0.15, 0.2) is 0 Å². The van der Waals surface area contributed by atoms with Crippen LogP contribution in [0.5, 0.6) is 0 Å². The van der Waals surface area contributed by atoms with Gasteiger partial charge in [-0.05, 0) is 42.5 Å². The number of hydrogen-bond acceptors (Lipinski definition) is 4. The van der Waals surface area contributed by atoms with E-state index in [4.69, 9.17) is 0 Å². The second-order valence-corrected chi connectivity index (χ2v) is 7.86. The standard InChI is InChI=1S/C21H27N3O2S/c25-20(23-13-12-22-17-8-3-1-2-4-9-17)16-7-5-10-18(15-16)24-21(26)19-11-6-14-27-19/h5-7,10-11,14-15,17,22H,1-4,8-9,12-13H2,(H,23,25)(H,24,26). The number of rotatable bonds is 7. The molecule has 5 nitrogen and oxygen atoms in total. The number of hydrogen-bond donors (Lipinski definition) is 3. The van der Waals surface area contributed by atoms with Crippen LogP contribution >= 0.6 is 11.3 Å². The molecule has 1 aromatic carbocycles. The first-order valence-electron chi connectivity index (χ1n) is 9.69. The van der Waals surface area contributed by atoms with Gasteiger partial charge in [0.1, 0.15) is 0 Å². The van der Waals surface area contributed by atoms with Gasteiger partial charge in [0.05, 0.1) is 4.88 Å². The van der Waals surface area contributed by atoms with Crippen LogP contribution in [0.3, 0.4) is 0 Å². The largest absolute Gasteiger partial charge is 0.351 e. The molecule has 0 saturated heterocycles. The lowest BCUT2D eigenvalue weighted by molar-refractivity contribution is 0.0952. The highest BCUT2D eigenvalue weighted by atomic mass is 32.1. The summed E-state index contributed by atoms with van der Waals surface area (Å²) >= 11 is 1.39. The molecule has 144 valence electrons. The molecule has 1 aliphatic carbocycles. The van der Waals surface area contributed by atoms with Crippen LogP contribution in [-0.4, -0.2) is 30.9 Å². The average Bonchev–Trinajstić information content (AvgIpc) is 3.10. The summed E-state index contributed by atoms with van der Waals surface area (Å²) in [5.41, 5.74) is 1.17. The molecule has 0 spiro atoms. The average molecular weight is 386 g/mol. The minimum atomic E-state index is -0.157. The molecule has 27 heavy (non-hydrogen) atoms. The SMILES string of the molecule is O=C(NCCNC1CCCCCC1)c1cccc(NC(=O)c2cccs2)c1. The minimum Gasteiger partial charge on any atom is -0.351 e. The summed E-state index contributed by atoms with van der Waals surface area (Å²) in [5.74, 6) is -0.278. The monoisotopic (exact) mass is 385 g/mol. The van der Waals surface area contributed by atoms with Crippen molar-refractivity contribution in [3.63, 3.8) is 0 Å². The van der Waals surface area contributed by atoms with Crippen molar-refractivity contribution in [2.24, 2.45) is 0 Å². The highest BCUT2D eigenvalue weighted by molar-refractivity contribution is 7.12. The van der Waals surface area contributed by atoms with Crippen molar-refractivity contribution in [1.82, 2.24) is 10.6 Å². The molecule has 3 rings (SSSR count). The number of benzene rings is 1. The van der Waals surface area contributed by atoms with Crippen LogP contribution in [-0.2, 0) is 0 Å². The van der Waals surface area contributed by atoms with Crippen LogP contribution in [0.1, 0.15) is 58.6 Å². The molecule has 0 unspecified atom stereocenters. The van der Waals surface area contributed by atoms with E-state index in [2.05, 4.69) is 16.0 Å². The second kappa shape index (κ2) is 10.2. The van der Waals surface area contributed by atoms with Crippen LogP contribution in [0.4, 0.5) is 5.69 Å². The van der Waals surface area contributed by atoms with E-state index in [1.54, 1.807) is 30.3 Å². The first-order chi connectivity index (χ1) is 13.2. The molecule has 6 heteroatoms. The maximum Gasteiger partial charge on any atom is 0.265 e. The molecule has 0 atom stereocenters. The van der Waals surface area contributed by atoms with Crippen molar-refractivity contribution in [1.29, 1.82) is 0 Å². The fourth-order valence-electron chi connectivity index (χ4n) is 3.38. The summed E-state index contributed by atoms with van der Waals surface area (Å²) in [7, 11) is 0. The van der Waals surface area contributed by atoms with Gasteiger partial charge in [0.2, 0.25) is 0 Å². The van der Waals surface area contributed by atoms with E-state index in [0.29, 0.717) is 28.7 Å². The Balaban J connectivity index is 1.44. The molecule has 1 fully saturated rings. The quantitative estimate of drug-likeness (QED) is 0.498. The normalized spacial score (nSPS) is 15.1. The van der Waals surface area contributed by atoms with Crippen LogP contribution in [0, 0.1) is 0 Å². The zero-order valence-electron chi connectivity index (χ0n) is 15.5. The number of anilines is 1. The molecular weight excluding hydrogens is 358 g/mol. The molecule has 0 radical (unpaired) electrons. The Hall–Kier alpha value is -2.18. The van der Waals surface area contributed by atoms with E-state index in [-0.39, 0.29) is 11.8 Å². The van der Waals surface area contributed by atoms with Gasteiger partial charge in [-0.2, -0.15) is 0 Å². The first-order valence-corrected chi connectivity index (χ1v) is 10.6. The molecule has 0 bridgehead atoms. The third kappa shape index (κ3) is 6.19. The van der Waals surface area contributed by atoms with Crippen molar-refractivity contribution in [2.75, 3.05) is 18.4 Å². The van der Waals surface area contributed by atoms with Crippen LogP contribution in [0.25, 0.3) is 0 Å². The van der Waals surface area contributed by atoms with E-state index in [1.165, 1.54) is 49.9 Å². The minimum absolute atomic E-state index is 0.120. The Morgan fingerprint density at radius 2 is 1.78 bits per heavy atom. The van der Waals surface area contributed by atoms with Gasteiger partial charge in [-0.1, -0.05) is 37.8 Å². The molecule has 1 aromatic heterocycles. The van der Waals surface area contributed by atoms with Crippen LogP contribution in [0.2, 0.25) is 0 Å². The zero-order valence-corrected chi connectivity index (χ0v) is 16.3. The number of nitrogens with one attached hydrogen (secondary N) is 3. The summed E-state index contributed by atoms with van der Waals surface area (Å²) in [6.07, 6.45) is 7.75. The Kier molecular flexibility index (Phi) is 7.42. The summed E-state index contributed by atoms with van der Waals surface area (Å²) in [4.78, 5) is 25.1. The van der Waals surface area contributed by atoms with Gasteiger partial charge in [0, 0.05) is 30.4 Å². The van der Waals surface area contributed by atoms with Gasteiger partial charge in [0.25, 0.3) is 11.8 Å². The lowest BCUT2D eigenvalue weighted by Crippen LogP contribution is -2.36. The fraction of sp³-hybridized carbons (Fsp3) is 0.429. The maximum absolute atomic E-state index is 12.4. The molecule has 2 amide bonds. The van der Waals surface area contributed by atoms with E-state index in [0.717, 1.165) is 6.54 Å². The van der Waals surface area contributed by atoms with E-state index in [9.17, 15) is 9.59 Å². The van der Waals surface area contributed by atoms with E-state index >= 15 is 0 Å². The Bertz CT molecular complexity index is 738. The Labute approximate surface area is 164 Å². The summed E-state index contributed by atoms with van der Waals surface area (Å²) in [5, 5.41) is 11.2. The zero-order chi connectivity index (χ0) is 18.9. The van der Waals surface area contributed by atoms with Gasteiger partial charge in [-0.3, -0.25) is 9.59 Å². The molecule has 0 aliphatic heterocycles. The lowest BCUT2D eigenvalue weighted by Gasteiger charge is -2.16. The van der Waals surface area contributed by atoms with Crippen molar-refractivity contribution < 1.29 is 9.59 Å². The second-order valence-electron chi connectivity index (χ2n) is 6.91. The third-order valence-corrected chi connectivity index (χ3v) is 5.69. The lowest BCUT2D eigenvalue weighted by atomic mass is 10.1. The highest BCUT2D eigenvalue weighted by Gasteiger charge is 2.12. The van der Waals surface area contributed by atoms with Gasteiger partial charge >= 0.3 is 0 Å². The van der Waals surface area contributed by atoms with Crippen molar-refractivity contribution in [3.8, 4) is 0 Å². The topological polar surface area (TPSA) is 70.2 Å². The molecule has 3 N–H and O–H groups in total. The number of carbonyl (C=O) groups is 2. The van der Waals surface area contributed by atoms with Crippen LogP contribution in [0.15, 0.2) is 41.8 Å². The maximum atomic E-state index is 12.4. The summed E-state index contributed by atoms with van der Waals surface area (Å²) in [6.45, 7) is 1.38. The molecule has 1 saturated carbocycles. The van der Waals surface area contributed by atoms with Crippen LogP contribution < -0.4 is 16.0 Å². The van der Waals surface area contributed by atoms with Crippen molar-refractivity contribution in [2.45, 2.75) is 44.6 Å². The van der Waals surface area contributed by atoms with E-state index in [1.807, 2.05) is 11.4 Å². The summed E-state index contributed by atoms with van der Waals surface area (Å²) < 4.78 is 0. The fourth-order valence-corrected chi connectivity index (χ4v) is 4.00. The van der Waals surface area contributed by atoms with Gasteiger partial charge < -0.3 is 16.0 Å². The molecular formula is C21H27N3O2S. The molecule has 1 aliphatic rings. The Morgan fingerprint density at radius 3 is 2.52 bits per heavy atom. The van der Waals surface area contributed by atoms with E-state index < -0.39 is 0 Å². The van der Waals surface area contributed by atoms with Crippen molar-refractivity contribution in [3.05, 3.63) is 52.2 Å². The predicted octanol–water partition coefficient (Wildman–Crippen LogP) is 4.04. The number of carbonyl (C=O) groups excluding carboxylic acids is 2. The predicted molar refractivity (Wildman–Crippen MR) is 111 cm³/mol. The van der Waals surface area contributed by atoms with Crippen molar-refractivity contribution >= 4 is 28.8 Å². The molecule has 1 heterocycles.